The summed E-state index contributed by atoms with van der Waals surface area (Å²) in [6, 6.07) is 10.3. The maximum absolute atomic E-state index is 5.90. The zero-order valence-corrected chi connectivity index (χ0v) is 11.5. The Bertz CT molecular complexity index is 489. The summed E-state index contributed by atoms with van der Waals surface area (Å²) in [5, 5.41) is 4.12. The largest absolute Gasteiger partial charge is 0.469 e. The number of hydrogen-bond acceptors (Lipinski definition) is 2. The molecule has 0 radical (unpaired) electrons. The molecule has 0 fully saturated rings. The molecular formula is C15H18ClNO. The molecule has 96 valence electrons. The first-order valence-electron chi connectivity index (χ1n) is 6.22. The average Bonchev–Trinajstić information content (AvgIpc) is 2.86. The van der Waals surface area contributed by atoms with Crippen molar-refractivity contribution in [3.8, 4) is 0 Å². The van der Waals surface area contributed by atoms with Crippen molar-refractivity contribution in [2.45, 2.75) is 25.8 Å². The van der Waals surface area contributed by atoms with Gasteiger partial charge in [0.05, 0.1) is 6.26 Å². The second-order valence-electron chi connectivity index (χ2n) is 4.32. The molecule has 2 aromatic rings. The number of benzene rings is 1. The zero-order chi connectivity index (χ0) is 13.0. The van der Waals surface area contributed by atoms with Gasteiger partial charge < -0.3 is 9.73 Å². The maximum Gasteiger partial charge on any atom is 0.108 e. The van der Waals surface area contributed by atoms with E-state index in [0.717, 1.165) is 23.6 Å². The highest BCUT2D eigenvalue weighted by molar-refractivity contribution is 6.30. The molecule has 3 heteroatoms. The van der Waals surface area contributed by atoms with Gasteiger partial charge in [0.1, 0.15) is 5.76 Å². The standard InChI is InChI=1S/C15H18ClNO/c1-3-15-13(8-9-18-15)14(17-2)10-11-4-6-12(16)7-5-11/h4-9,14,17H,3,10H2,1-2H3. The Labute approximate surface area is 113 Å². The van der Waals surface area contributed by atoms with Crippen molar-refractivity contribution in [1.82, 2.24) is 5.32 Å². The fourth-order valence-electron chi connectivity index (χ4n) is 2.17. The normalized spacial score (nSPS) is 12.6. The first-order chi connectivity index (χ1) is 8.74. The number of hydrogen-bond donors (Lipinski definition) is 1. The van der Waals surface area contributed by atoms with Crippen LogP contribution >= 0.6 is 11.6 Å². The van der Waals surface area contributed by atoms with E-state index >= 15 is 0 Å². The fraction of sp³-hybridized carbons (Fsp3) is 0.333. The lowest BCUT2D eigenvalue weighted by atomic mass is 9.98. The van der Waals surface area contributed by atoms with Gasteiger partial charge in [-0.2, -0.15) is 0 Å². The smallest absolute Gasteiger partial charge is 0.108 e. The van der Waals surface area contributed by atoms with Gasteiger partial charge in [0, 0.05) is 23.0 Å². The molecule has 1 N–H and O–H groups in total. The molecular weight excluding hydrogens is 246 g/mol. The predicted molar refractivity (Wildman–Crippen MR) is 75.0 cm³/mol. The van der Waals surface area contributed by atoms with Crippen molar-refractivity contribution in [2.24, 2.45) is 0 Å². The van der Waals surface area contributed by atoms with Gasteiger partial charge in [-0.05, 0) is 37.2 Å². The third-order valence-corrected chi connectivity index (χ3v) is 3.43. The molecule has 2 rings (SSSR count). The van der Waals surface area contributed by atoms with Crippen LogP contribution in [0.4, 0.5) is 0 Å². The van der Waals surface area contributed by atoms with E-state index in [4.69, 9.17) is 16.0 Å². The molecule has 0 saturated carbocycles. The van der Waals surface area contributed by atoms with Gasteiger partial charge in [0.2, 0.25) is 0 Å². The van der Waals surface area contributed by atoms with Gasteiger partial charge >= 0.3 is 0 Å². The lowest BCUT2D eigenvalue weighted by Crippen LogP contribution is -2.19. The van der Waals surface area contributed by atoms with E-state index in [-0.39, 0.29) is 6.04 Å². The molecule has 18 heavy (non-hydrogen) atoms. The monoisotopic (exact) mass is 263 g/mol. The van der Waals surface area contributed by atoms with Gasteiger partial charge in [-0.1, -0.05) is 30.7 Å². The number of rotatable bonds is 5. The van der Waals surface area contributed by atoms with Crippen LogP contribution < -0.4 is 5.32 Å². The van der Waals surface area contributed by atoms with E-state index in [1.54, 1.807) is 6.26 Å². The second-order valence-corrected chi connectivity index (χ2v) is 4.76. The van der Waals surface area contributed by atoms with E-state index in [0.29, 0.717) is 0 Å². The number of nitrogens with one attached hydrogen (secondary N) is 1. The molecule has 1 unspecified atom stereocenters. The molecule has 2 nitrogen and oxygen atoms in total. The minimum absolute atomic E-state index is 0.278. The highest BCUT2D eigenvalue weighted by atomic mass is 35.5. The van der Waals surface area contributed by atoms with Crippen molar-refractivity contribution in [3.05, 3.63) is 58.5 Å². The molecule has 1 aromatic carbocycles. The van der Waals surface area contributed by atoms with E-state index in [1.807, 2.05) is 19.2 Å². The lowest BCUT2D eigenvalue weighted by Gasteiger charge is -2.16. The van der Waals surface area contributed by atoms with Gasteiger partial charge in [0.15, 0.2) is 0 Å². The topological polar surface area (TPSA) is 25.2 Å². The molecule has 0 saturated heterocycles. The SMILES string of the molecule is CCc1occc1C(Cc1ccc(Cl)cc1)NC. The molecule has 0 aliphatic carbocycles. The van der Waals surface area contributed by atoms with E-state index in [1.165, 1.54) is 11.1 Å². The Morgan fingerprint density at radius 1 is 1.22 bits per heavy atom. The van der Waals surface area contributed by atoms with Crippen molar-refractivity contribution in [1.29, 1.82) is 0 Å². The predicted octanol–water partition coefficient (Wildman–Crippen LogP) is 4.00. The van der Waals surface area contributed by atoms with Crippen molar-refractivity contribution in [2.75, 3.05) is 7.05 Å². The Morgan fingerprint density at radius 3 is 2.56 bits per heavy atom. The molecule has 0 bridgehead atoms. The molecule has 0 aliphatic rings. The van der Waals surface area contributed by atoms with Gasteiger partial charge in [-0.3, -0.25) is 0 Å². The highest BCUT2D eigenvalue weighted by Gasteiger charge is 2.15. The Kier molecular flexibility index (Phi) is 4.45. The van der Waals surface area contributed by atoms with Gasteiger partial charge in [-0.15, -0.1) is 0 Å². The van der Waals surface area contributed by atoms with Gasteiger partial charge in [0.25, 0.3) is 0 Å². The average molecular weight is 264 g/mol. The van der Waals surface area contributed by atoms with Gasteiger partial charge in [-0.25, -0.2) is 0 Å². The molecule has 1 atom stereocenters. The van der Waals surface area contributed by atoms with Crippen LogP contribution in [0.25, 0.3) is 0 Å². The van der Waals surface area contributed by atoms with E-state index in [9.17, 15) is 0 Å². The summed E-state index contributed by atoms with van der Waals surface area (Å²) >= 11 is 5.90. The van der Waals surface area contributed by atoms with Crippen LogP contribution in [-0.2, 0) is 12.8 Å². The van der Waals surface area contributed by atoms with E-state index < -0.39 is 0 Å². The molecule has 0 aliphatic heterocycles. The Morgan fingerprint density at radius 2 is 1.94 bits per heavy atom. The first-order valence-corrected chi connectivity index (χ1v) is 6.60. The third kappa shape index (κ3) is 2.95. The van der Waals surface area contributed by atoms with Crippen LogP contribution in [0, 0.1) is 0 Å². The maximum atomic E-state index is 5.90. The van der Waals surface area contributed by atoms with Crippen molar-refractivity contribution < 1.29 is 4.42 Å². The minimum atomic E-state index is 0.278. The summed E-state index contributed by atoms with van der Waals surface area (Å²) in [6.45, 7) is 2.11. The molecule has 0 amide bonds. The van der Waals surface area contributed by atoms with Crippen LogP contribution in [0.3, 0.4) is 0 Å². The molecule has 1 heterocycles. The van der Waals surface area contributed by atoms with Crippen molar-refractivity contribution >= 4 is 11.6 Å². The third-order valence-electron chi connectivity index (χ3n) is 3.18. The summed E-state index contributed by atoms with van der Waals surface area (Å²) in [4.78, 5) is 0. The van der Waals surface area contributed by atoms with E-state index in [2.05, 4.69) is 30.4 Å². The summed E-state index contributed by atoms with van der Waals surface area (Å²) in [7, 11) is 1.98. The second kappa shape index (κ2) is 6.07. The summed E-state index contributed by atoms with van der Waals surface area (Å²) < 4.78 is 5.49. The highest BCUT2D eigenvalue weighted by Crippen LogP contribution is 2.24. The molecule has 1 aromatic heterocycles. The zero-order valence-electron chi connectivity index (χ0n) is 10.7. The molecule has 0 spiro atoms. The van der Waals surface area contributed by atoms with Crippen LogP contribution in [0.1, 0.15) is 29.9 Å². The minimum Gasteiger partial charge on any atom is -0.469 e. The Balaban J connectivity index is 2.17. The van der Waals surface area contributed by atoms with Crippen LogP contribution in [0.15, 0.2) is 41.0 Å². The van der Waals surface area contributed by atoms with Crippen LogP contribution in [0.5, 0.6) is 0 Å². The summed E-state index contributed by atoms with van der Waals surface area (Å²) in [5.74, 6) is 1.06. The lowest BCUT2D eigenvalue weighted by molar-refractivity contribution is 0.495. The van der Waals surface area contributed by atoms with Crippen LogP contribution in [-0.4, -0.2) is 7.05 Å². The van der Waals surface area contributed by atoms with Crippen LogP contribution in [0.2, 0.25) is 5.02 Å². The number of furan rings is 1. The first kappa shape index (κ1) is 13.2. The summed E-state index contributed by atoms with van der Waals surface area (Å²) in [5.41, 5.74) is 2.51. The fourth-order valence-corrected chi connectivity index (χ4v) is 2.30. The summed E-state index contributed by atoms with van der Waals surface area (Å²) in [6.07, 6.45) is 3.61. The quantitative estimate of drug-likeness (QED) is 0.882. The van der Waals surface area contributed by atoms with Crippen molar-refractivity contribution in [3.63, 3.8) is 0 Å². The number of likely N-dealkylation sites (N-methyl/N-ethyl adjacent to an activating group) is 1. The Hall–Kier alpha value is -1.25. The number of aryl methyl sites for hydroxylation is 1. The number of halogens is 1.